The van der Waals surface area contributed by atoms with E-state index in [-0.39, 0.29) is 5.82 Å². The van der Waals surface area contributed by atoms with Crippen LogP contribution in [0.2, 0.25) is 0 Å². The van der Waals surface area contributed by atoms with Crippen LogP contribution >= 0.6 is 0 Å². The number of β-amino-alcohol motifs (C(OH)–C–C–N with tert-alkyl or cyclic N) is 1. The van der Waals surface area contributed by atoms with Gasteiger partial charge in [0.15, 0.2) is 0 Å². The summed E-state index contributed by atoms with van der Waals surface area (Å²) in [7, 11) is 0. The predicted molar refractivity (Wildman–Crippen MR) is 49.6 cm³/mol. The van der Waals surface area contributed by atoms with Crippen molar-refractivity contribution in [2.24, 2.45) is 0 Å². The van der Waals surface area contributed by atoms with E-state index < -0.39 is 5.60 Å². The molecule has 1 fully saturated rings. The summed E-state index contributed by atoms with van der Waals surface area (Å²) in [6.07, 6.45) is 1.55. The molecule has 2 rings (SSSR count). The average Bonchev–Trinajstić information content (AvgIpc) is 2.14. The third kappa shape index (κ3) is 1.52. The van der Waals surface area contributed by atoms with E-state index in [1.165, 1.54) is 0 Å². The van der Waals surface area contributed by atoms with Crippen LogP contribution in [0.1, 0.15) is 12.7 Å². The Morgan fingerprint density at radius 2 is 2.36 bits per heavy atom. The minimum absolute atomic E-state index is 0.161. The van der Waals surface area contributed by atoms with E-state index >= 15 is 0 Å². The highest BCUT2D eigenvalue weighted by Crippen LogP contribution is 2.24. The highest BCUT2D eigenvalue weighted by atomic mass is 16.3. The third-order valence-electron chi connectivity index (χ3n) is 2.13. The number of anilines is 1. The van der Waals surface area contributed by atoms with E-state index in [9.17, 15) is 5.11 Å². The molecule has 1 N–H and O–H groups in total. The second-order valence-electron chi connectivity index (χ2n) is 3.70. The minimum atomic E-state index is -0.627. The number of hydrogen-bond donors (Lipinski definition) is 1. The Kier molecular flexibility index (Phi) is 1.86. The zero-order valence-electron chi connectivity index (χ0n) is 7.80. The van der Waals surface area contributed by atoms with E-state index in [1.807, 2.05) is 11.0 Å². The van der Waals surface area contributed by atoms with E-state index in [4.69, 9.17) is 5.26 Å². The monoisotopic (exact) mass is 190 g/mol. The molecule has 72 valence electrons. The number of nitriles is 1. The van der Waals surface area contributed by atoms with E-state index in [1.54, 1.807) is 19.2 Å². The van der Waals surface area contributed by atoms with Gasteiger partial charge >= 0.3 is 0 Å². The van der Waals surface area contributed by atoms with Crippen molar-refractivity contribution in [1.29, 1.82) is 5.26 Å². The van der Waals surface area contributed by atoms with Crippen molar-refractivity contribution in [3.63, 3.8) is 0 Å². The average molecular weight is 190 g/mol. The summed E-state index contributed by atoms with van der Waals surface area (Å²) in [6.45, 7) is 2.87. The largest absolute Gasteiger partial charge is 0.386 e. The van der Waals surface area contributed by atoms with Crippen LogP contribution in [0.15, 0.2) is 12.3 Å². The molecule has 0 saturated carbocycles. The van der Waals surface area contributed by atoms with Crippen LogP contribution in [0.3, 0.4) is 0 Å². The van der Waals surface area contributed by atoms with Crippen molar-refractivity contribution < 1.29 is 5.11 Å². The number of nitrogens with zero attached hydrogens (tertiary/aromatic N) is 4. The Labute approximate surface area is 81.6 Å². The lowest BCUT2D eigenvalue weighted by molar-refractivity contribution is 0.0305. The zero-order chi connectivity index (χ0) is 10.2. The van der Waals surface area contributed by atoms with Gasteiger partial charge in [0.1, 0.15) is 11.9 Å². The third-order valence-corrected chi connectivity index (χ3v) is 2.13. The fraction of sp³-hybridized carbons (Fsp3) is 0.444. The standard InChI is InChI=1S/C9H10N4O/c1-9(14)5-13(6-9)8-2-3-11-7(4-10)12-8/h2-3,14H,5-6H2,1H3. The SMILES string of the molecule is CC1(O)CN(c2ccnc(C#N)n2)C1. The van der Waals surface area contributed by atoms with Gasteiger partial charge in [0, 0.05) is 19.3 Å². The molecular weight excluding hydrogens is 180 g/mol. The molecule has 0 amide bonds. The first-order valence-electron chi connectivity index (χ1n) is 4.31. The second-order valence-corrected chi connectivity index (χ2v) is 3.70. The van der Waals surface area contributed by atoms with Gasteiger partial charge in [0.25, 0.3) is 0 Å². The maximum atomic E-state index is 9.52. The van der Waals surface area contributed by atoms with Gasteiger partial charge < -0.3 is 10.0 Å². The molecular formula is C9H10N4O. The Hall–Kier alpha value is -1.67. The van der Waals surface area contributed by atoms with Crippen molar-refractivity contribution >= 4 is 5.82 Å². The molecule has 0 unspecified atom stereocenters. The molecule has 0 aliphatic carbocycles. The molecule has 1 aromatic rings. The quantitative estimate of drug-likeness (QED) is 0.670. The maximum absolute atomic E-state index is 9.52. The fourth-order valence-corrected chi connectivity index (χ4v) is 1.52. The first-order valence-corrected chi connectivity index (χ1v) is 4.31. The number of rotatable bonds is 1. The number of aromatic nitrogens is 2. The molecule has 0 spiro atoms. The summed E-state index contributed by atoms with van der Waals surface area (Å²) >= 11 is 0. The molecule has 0 bridgehead atoms. The van der Waals surface area contributed by atoms with Crippen molar-refractivity contribution in [1.82, 2.24) is 9.97 Å². The van der Waals surface area contributed by atoms with E-state index in [0.717, 1.165) is 0 Å². The van der Waals surface area contributed by atoms with Crippen LogP contribution in [-0.4, -0.2) is 33.8 Å². The topological polar surface area (TPSA) is 73.0 Å². The van der Waals surface area contributed by atoms with Crippen LogP contribution in [-0.2, 0) is 0 Å². The summed E-state index contributed by atoms with van der Waals surface area (Å²) in [5.74, 6) is 0.858. The van der Waals surface area contributed by atoms with Crippen LogP contribution in [0.25, 0.3) is 0 Å². The van der Waals surface area contributed by atoms with Gasteiger partial charge in [-0.15, -0.1) is 0 Å². The highest BCUT2D eigenvalue weighted by Gasteiger charge is 2.37. The zero-order valence-corrected chi connectivity index (χ0v) is 7.80. The van der Waals surface area contributed by atoms with Crippen LogP contribution in [0.4, 0.5) is 5.82 Å². The van der Waals surface area contributed by atoms with Gasteiger partial charge in [0.2, 0.25) is 5.82 Å². The Morgan fingerprint density at radius 3 is 2.93 bits per heavy atom. The minimum Gasteiger partial charge on any atom is -0.386 e. The molecule has 5 nitrogen and oxygen atoms in total. The lowest BCUT2D eigenvalue weighted by atomic mass is 9.97. The van der Waals surface area contributed by atoms with Crippen molar-refractivity contribution in [2.75, 3.05) is 18.0 Å². The van der Waals surface area contributed by atoms with Gasteiger partial charge in [-0.25, -0.2) is 9.97 Å². The van der Waals surface area contributed by atoms with Gasteiger partial charge in [-0.3, -0.25) is 0 Å². The van der Waals surface area contributed by atoms with Gasteiger partial charge in [-0.1, -0.05) is 0 Å². The summed E-state index contributed by atoms with van der Waals surface area (Å²) in [4.78, 5) is 9.70. The summed E-state index contributed by atoms with van der Waals surface area (Å²) in [5, 5.41) is 18.1. The molecule has 0 aromatic carbocycles. The number of aliphatic hydroxyl groups is 1. The Morgan fingerprint density at radius 1 is 1.64 bits per heavy atom. The molecule has 1 saturated heterocycles. The highest BCUT2D eigenvalue weighted by molar-refractivity contribution is 5.43. The molecule has 14 heavy (non-hydrogen) atoms. The smallest absolute Gasteiger partial charge is 0.234 e. The predicted octanol–water partition coefficient (Wildman–Crippen LogP) is -0.0807. The Bertz CT molecular complexity index is 388. The van der Waals surface area contributed by atoms with Gasteiger partial charge in [0.05, 0.1) is 5.60 Å². The van der Waals surface area contributed by atoms with Crippen LogP contribution in [0.5, 0.6) is 0 Å². The lowest BCUT2D eigenvalue weighted by Gasteiger charge is -2.44. The Balaban J connectivity index is 2.16. The van der Waals surface area contributed by atoms with Gasteiger partial charge in [-0.2, -0.15) is 5.26 Å². The summed E-state index contributed by atoms with van der Waals surface area (Å²) in [6, 6.07) is 3.61. The molecule has 2 heterocycles. The van der Waals surface area contributed by atoms with Crippen LogP contribution < -0.4 is 4.90 Å². The first kappa shape index (κ1) is 8.91. The molecule has 0 atom stereocenters. The molecule has 1 aromatic heterocycles. The normalized spacial score (nSPS) is 18.5. The summed E-state index contributed by atoms with van der Waals surface area (Å²) in [5.41, 5.74) is -0.627. The molecule has 5 heteroatoms. The van der Waals surface area contributed by atoms with E-state index in [2.05, 4.69) is 9.97 Å². The van der Waals surface area contributed by atoms with E-state index in [0.29, 0.717) is 18.9 Å². The summed E-state index contributed by atoms with van der Waals surface area (Å²) < 4.78 is 0. The van der Waals surface area contributed by atoms with Gasteiger partial charge in [-0.05, 0) is 13.0 Å². The first-order chi connectivity index (χ1) is 6.61. The second kappa shape index (κ2) is 2.93. The molecule has 1 aliphatic rings. The van der Waals surface area contributed by atoms with Crippen molar-refractivity contribution in [2.45, 2.75) is 12.5 Å². The molecule has 1 aliphatic heterocycles. The lowest BCUT2D eigenvalue weighted by Crippen LogP contribution is -2.60. The maximum Gasteiger partial charge on any atom is 0.234 e. The van der Waals surface area contributed by atoms with Crippen LogP contribution in [0, 0.1) is 11.3 Å². The van der Waals surface area contributed by atoms with Crippen molar-refractivity contribution in [3.8, 4) is 6.07 Å². The van der Waals surface area contributed by atoms with Crippen molar-refractivity contribution in [3.05, 3.63) is 18.1 Å². The fourth-order valence-electron chi connectivity index (χ4n) is 1.52. The molecule has 0 radical (unpaired) electrons. The number of hydrogen-bond acceptors (Lipinski definition) is 5.